The molecule has 1 aromatic heterocycles. The quantitative estimate of drug-likeness (QED) is 0.855. The molecule has 0 spiro atoms. The molecule has 0 bridgehead atoms. The van der Waals surface area contributed by atoms with Crippen LogP contribution in [0.4, 0.5) is 0 Å². The lowest BCUT2D eigenvalue weighted by Crippen LogP contribution is -2.35. The maximum atomic E-state index is 11.7. The Balaban J connectivity index is 2.25. The Labute approximate surface area is 110 Å². The van der Waals surface area contributed by atoms with Crippen molar-refractivity contribution >= 4 is 5.97 Å². The third kappa shape index (κ3) is 3.13. The van der Waals surface area contributed by atoms with Crippen molar-refractivity contribution in [2.45, 2.75) is 39.2 Å². The maximum Gasteiger partial charge on any atom is 0.342 e. The van der Waals surface area contributed by atoms with Gasteiger partial charge in [0.25, 0.3) is 5.56 Å². The van der Waals surface area contributed by atoms with Gasteiger partial charge in [-0.25, -0.2) is 9.59 Å². The maximum absolute atomic E-state index is 11.7. The molecular weight excluding hydrogens is 248 g/mol. The van der Waals surface area contributed by atoms with E-state index in [0.29, 0.717) is 18.4 Å². The first-order chi connectivity index (χ1) is 8.97. The van der Waals surface area contributed by atoms with Crippen LogP contribution in [-0.4, -0.2) is 20.6 Å². The molecule has 104 valence electrons. The number of aromatic carboxylic acids is 1. The van der Waals surface area contributed by atoms with E-state index in [1.54, 1.807) is 0 Å². The Kier molecular flexibility index (Phi) is 3.87. The van der Waals surface area contributed by atoms with E-state index < -0.39 is 17.2 Å². The van der Waals surface area contributed by atoms with Crippen molar-refractivity contribution in [1.29, 1.82) is 0 Å². The number of carboxylic acids is 1. The molecule has 2 rings (SSSR count). The summed E-state index contributed by atoms with van der Waals surface area (Å²) in [5.74, 6) is -0.308. The van der Waals surface area contributed by atoms with Crippen LogP contribution in [-0.2, 0) is 6.54 Å². The monoisotopic (exact) mass is 266 g/mol. The van der Waals surface area contributed by atoms with Crippen LogP contribution in [0.5, 0.6) is 0 Å². The molecule has 6 nitrogen and oxygen atoms in total. The van der Waals surface area contributed by atoms with Gasteiger partial charge in [0.15, 0.2) is 0 Å². The lowest BCUT2D eigenvalue weighted by molar-refractivity contribution is 0.0693. The molecule has 1 saturated carbocycles. The highest BCUT2D eigenvalue weighted by atomic mass is 16.4. The van der Waals surface area contributed by atoms with Crippen molar-refractivity contribution in [2.75, 3.05) is 0 Å². The molecule has 1 heterocycles. The van der Waals surface area contributed by atoms with E-state index in [1.165, 1.54) is 11.0 Å². The van der Waals surface area contributed by atoms with Crippen molar-refractivity contribution < 1.29 is 9.90 Å². The molecule has 2 unspecified atom stereocenters. The summed E-state index contributed by atoms with van der Waals surface area (Å²) >= 11 is 0. The largest absolute Gasteiger partial charge is 0.477 e. The molecule has 1 aromatic rings. The molecule has 0 amide bonds. The summed E-state index contributed by atoms with van der Waals surface area (Å²) in [6.07, 6.45) is 5.57. The zero-order valence-corrected chi connectivity index (χ0v) is 10.9. The van der Waals surface area contributed by atoms with Crippen LogP contribution in [0.25, 0.3) is 0 Å². The summed E-state index contributed by atoms with van der Waals surface area (Å²) in [7, 11) is 0. The van der Waals surface area contributed by atoms with Crippen molar-refractivity contribution in [3.8, 4) is 0 Å². The van der Waals surface area contributed by atoms with E-state index in [1.807, 2.05) is 0 Å². The van der Waals surface area contributed by atoms with Crippen LogP contribution >= 0.6 is 0 Å². The molecule has 2 N–H and O–H groups in total. The number of H-pyrrole nitrogens is 1. The number of nitrogens with one attached hydrogen (secondary N) is 1. The number of hydrogen-bond acceptors (Lipinski definition) is 3. The van der Waals surface area contributed by atoms with Crippen molar-refractivity contribution in [2.24, 2.45) is 11.8 Å². The Bertz CT molecular complexity index is 587. The van der Waals surface area contributed by atoms with E-state index in [0.717, 1.165) is 25.5 Å². The second-order valence-corrected chi connectivity index (χ2v) is 5.40. The van der Waals surface area contributed by atoms with Crippen LogP contribution < -0.4 is 11.2 Å². The van der Waals surface area contributed by atoms with Crippen LogP contribution in [0.1, 0.15) is 43.0 Å². The molecule has 0 aromatic carbocycles. The standard InChI is InChI=1S/C13H18N2O4/c1-8-3-2-4-9(5-8)6-15-7-10(12(17)18)11(16)14-13(15)19/h7-9H,2-6H2,1H3,(H,17,18)(H,14,16,19). The summed E-state index contributed by atoms with van der Waals surface area (Å²) in [6, 6.07) is 0. The topological polar surface area (TPSA) is 92.2 Å². The van der Waals surface area contributed by atoms with Crippen LogP contribution in [0.15, 0.2) is 15.8 Å². The first-order valence-corrected chi connectivity index (χ1v) is 6.54. The minimum absolute atomic E-state index is 0.369. The summed E-state index contributed by atoms with van der Waals surface area (Å²) in [4.78, 5) is 36.0. The van der Waals surface area contributed by atoms with Crippen molar-refractivity contribution in [3.05, 3.63) is 32.6 Å². The Morgan fingerprint density at radius 1 is 1.47 bits per heavy atom. The average molecular weight is 266 g/mol. The fourth-order valence-electron chi connectivity index (χ4n) is 2.80. The van der Waals surface area contributed by atoms with Gasteiger partial charge in [-0.2, -0.15) is 0 Å². The second kappa shape index (κ2) is 5.42. The number of carbonyl (C=O) groups is 1. The molecule has 19 heavy (non-hydrogen) atoms. The number of aromatic nitrogens is 2. The molecule has 1 aliphatic rings. The number of rotatable bonds is 3. The highest BCUT2D eigenvalue weighted by molar-refractivity contribution is 5.86. The molecular formula is C13H18N2O4. The van der Waals surface area contributed by atoms with E-state index in [4.69, 9.17) is 5.11 Å². The van der Waals surface area contributed by atoms with Gasteiger partial charge in [0.05, 0.1) is 0 Å². The highest BCUT2D eigenvalue weighted by Crippen LogP contribution is 2.29. The Hall–Kier alpha value is -1.85. The Morgan fingerprint density at radius 2 is 2.21 bits per heavy atom. The van der Waals surface area contributed by atoms with Crippen LogP contribution in [0.3, 0.4) is 0 Å². The third-order valence-corrected chi connectivity index (χ3v) is 3.74. The van der Waals surface area contributed by atoms with Gasteiger partial charge < -0.3 is 5.11 Å². The lowest BCUT2D eigenvalue weighted by atomic mass is 9.82. The number of carboxylic acid groups (broad SMARTS) is 1. The average Bonchev–Trinajstić information content (AvgIpc) is 2.32. The molecule has 2 atom stereocenters. The molecule has 6 heteroatoms. The normalized spacial score (nSPS) is 23.2. The fraction of sp³-hybridized carbons (Fsp3) is 0.615. The minimum atomic E-state index is -1.31. The van der Waals surface area contributed by atoms with Gasteiger partial charge in [0.1, 0.15) is 5.56 Å². The SMILES string of the molecule is CC1CCCC(Cn2cc(C(=O)O)c(=O)[nH]c2=O)C1. The summed E-state index contributed by atoms with van der Waals surface area (Å²) in [5, 5.41) is 8.89. The number of aromatic amines is 1. The second-order valence-electron chi connectivity index (χ2n) is 5.40. The number of nitrogens with zero attached hydrogens (tertiary/aromatic N) is 1. The predicted octanol–water partition coefficient (Wildman–Crippen LogP) is 1.06. The number of hydrogen-bond donors (Lipinski definition) is 2. The van der Waals surface area contributed by atoms with Crippen molar-refractivity contribution in [1.82, 2.24) is 9.55 Å². The minimum Gasteiger partial charge on any atom is -0.477 e. The fourth-order valence-corrected chi connectivity index (χ4v) is 2.80. The zero-order valence-electron chi connectivity index (χ0n) is 10.9. The Morgan fingerprint density at radius 3 is 2.84 bits per heavy atom. The predicted molar refractivity (Wildman–Crippen MR) is 69.4 cm³/mol. The third-order valence-electron chi connectivity index (χ3n) is 3.74. The van der Waals surface area contributed by atoms with E-state index in [9.17, 15) is 14.4 Å². The zero-order chi connectivity index (χ0) is 14.0. The van der Waals surface area contributed by atoms with Crippen LogP contribution in [0.2, 0.25) is 0 Å². The van der Waals surface area contributed by atoms with E-state index in [2.05, 4.69) is 11.9 Å². The summed E-state index contributed by atoms with van der Waals surface area (Å²) in [5.41, 5.74) is -1.76. The first-order valence-electron chi connectivity index (χ1n) is 6.54. The first kappa shape index (κ1) is 13.6. The van der Waals surface area contributed by atoms with Crippen molar-refractivity contribution in [3.63, 3.8) is 0 Å². The lowest BCUT2D eigenvalue weighted by Gasteiger charge is -2.27. The van der Waals surface area contributed by atoms with Crippen LogP contribution in [0, 0.1) is 11.8 Å². The van der Waals surface area contributed by atoms with Gasteiger partial charge in [-0.3, -0.25) is 14.3 Å². The van der Waals surface area contributed by atoms with Gasteiger partial charge >= 0.3 is 11.7 Å². The molecule has 0 radical (unpaired) electrons. The van der Waals surface area contributed by atoms with Gasteiger partial charge in [-0.15, -0.1) is 0 Å². The van der Waals surface area contributed by atoms with Gasteiger partial charge in [0.2, 0.25) is 0 Å². The van der Waals surface area contributed by atoms with Gasteiger partial charge in [0, 0.05) is 12.7 Å². The van der Waals surface area contributed by atoms with Gasteiger partial charge in [-0.05, 0) is 24.7 Å². The molecule has 0 saturated heterocycles. The smallest absolute Gasteiger partial charge is 0.342 e. The van der Waals surface area contributed by atoms with E-state index in [-0.39, 0.29) is 5.56 Å². The molecule has 1 fully saturated rings. The molecule has 1 aliphatic carbocycles. The van der Waals surface area contributed by atoms with Gasteiger partial charge in [-0.1, -0.05) is 19.8 Å². The summed E-state index contributed by atoms with van der Waals surface area (Å²) < 4.78 is 1.31. The summed E-state index contributed by atoms with van der Waals surface area (Å²) in [6.45, 7) is 2.66. The highest BCUT2D eigenvalue weighted by Gasteiger charge is 2.20. The molecule has 0 aliphatic heterocycles. The van der Waals surface area contributed by atoms with E-state index >= 15 is 0 Å².